The van der Waals surface area contributed by atoms with Crippen LogP contribution in [-0.4, -0.2) is 26.4 Å². The number of carbonyl (C=O) groups excluding carboxylic acids is 1. The van der Waals surface area contributed by atoms with E-state index in [2.05, 4.69) is 29.4 Å². The Morgan fingerprint density at radius 2 is 1.79 bits per heavy atom. The van der Waals surface area contributed by atoms with Crippen molar-refractivity contribution in [3.05, 3.63) is 66.0 Å². The van der Waals surface area contributed by atoms with Crippen LogP contribution in [0.25, 0.3) is 11.4 Å². The monoisotopic (exact) mass is 398 g/mol. The molecule has 0 aliphatic heterocycles. The summed E-state index contributed by atoms with van der Waals surface area (Å²) in [5.74, 6) is 0.473. The van der Waals surface area contributed by atoms with Crippen LogP contribution in [0.2, 0.25) is 0 Å². The number of carbonyl (C=O) groups is 1. The molecule has 1 unspecified atom stereocenters. The van der Waals surface area contributed by atoms with E-state index in [4.69, 9.17) is 0 Å². The molecule has 2 aromatic carbocycles. The topological polar surface area (TPSA) is 59.8 Å². The van der Waals surface area contributed by atoms with Gasteiger partial charge in [-0.25, -0.2) is 4.39 Å². The zero-order chi connectivity index (χ0) is 20.1. The second-order valence-corrected chi connectivity index (χ2v) is 7.78. The molecule has 1 atom stereocenters. The summed E-state index contributed by atoms with van der Waals surface area (Å²) in [7, 11) is 1.77. The van der Waals surface area contributed by atoms with Gasteiger partial charge in [0.1, 0.15) is 5.82 Å². The van der Waals surface area contributed by atoms with Gasteiger partial charge >= 0.3 is 0 Å². The van der Waals surface area contributed by atoms with Crippen LogP contribution < -0.4 is 5.32 Å². The van der Waals surface area contributed by atoms with Gasteiger partial charge in [-0.2, -0.15) is 0 Å². The first-order valence-electron chi connectivity index (χ1n) is 9.08. The van der Waals surface area contributed by atoms with Crippen molar-refractivity contribution < 1.29 is 9.18 Å². The SMILES string of the molecule is CC(C)C(NC(=O)CSc1nnc(-c2ccccc2F)n1C)c1ccccc1. The van der Waals surface area contributed by atoms with Gasteiger partial charge in [0.25, 0.3) is 0 Å². The Morgan fingerprint density at radius 3 is 2.46 bits per heavy atom. The number of halogens is 1. The number of thioether (sulfide) groups is 1. The van der Waals surface area contributed by atoms with E-state index in [-0.39, 0.29) is 29.4 Å². The maximum atomic E-state index is 14.0. The fourth-order valence-electron chi connectivity index (χ4n) is 2.96. The second kappa shape index (κ2) is 9.01. The van der Waals surface area contributed by atoms with Gasteiger partial charge in [0.05, 0.1) is 17.4 Å². The molecule has 0 spiro atoms. The molecule has 0 aliphatic carbocycles. The molecule has 0 saturated carbocycles. The van der Waals surface area contributed by atoms with Crippen LogP contribution in [0.3, 0.4) is 0 Å². The van der Waals surface area contributed by atoms with Gasteiger partial charge in [-0.15, -0.1) is 10.2 Å². The van der Waals surface area contributed by atoms with Gasteiger partial charge < -0.3 is 9.88 Å². The number of aromatic nitrogens is 3. The van der Waals surface area contributed by atoms with Crippen molar-refractivity contribution in [1.82, 2.24) is 20.1 Å². The van der Waals surface area contributed by atoms with Crippen molar-refractivity contribution >= 4 is 17.7 Å². The molecule has 0 radical (unpaired) electrons. The lowest BCUT2D eigenvalue weighted by molar-refractivity contribution is -0.119. The molecule has 5 nitrogen and oxygen atoms in total. The highest BCUT2D eigenvalue weighted by Gasteiger charge is 2.19. The molecule has 0 bridgehead atoms. The molecule has 0 saturated heterocycles. The molecule has 1 amide bonds. The summed E-state index contributed by atoms with van der Waals surface area (Å²) in [6.07, 6.45) is 0. The Bertz CT molecular complexity index is 943. The molecule has 7 heteroatoms. The van der Waals surface area contributed by atoms with E-state index < -0.39 is 0 Å². The predicted octanol–water partition coefficient (Wildman–Crippen LogP) is 4.23. The van der Waals surface area contributed by atoms with Gasteiger partial charge in [-0.1, -0.05) is 68.1 Å². The van der Waals surface area contributed by atoms with Gasteiger partial charge in [-0.05, 0) is 23.6 Å². The highest BCUT2D eigenvalue weighted by atomic mass is 32.2. The summed E-state index contributed by atoms with van der Waals surface area (Å²) < 4.78 is 15.7. The number of amides is 1. The van der Waals surface area contributed by atoms with Gasteiger partial charge in [0.15, 0.2) is 11.0 Å². The number of nitrogens with zero attached hydrogens (tertiary/aromatic N) is 3. The number of hydrogen-bond donors (Lipinski definition) is 1. The average Bonchev–Trinajstić information content (AvgIpc) is 3.05. The maximum absolute atomic E-state index is 14.0. The van der Waals surface area contributed by atoms with Crippen molar-refractivity contribution in [2.24, 2.45) is 13.0 Å². The van der Waals surface area contributed by atoms with Crippen molar-refractivity contribution in [3.63, 3.8) is 0 Å². The lowest BCUT2D eigenvalue weighted by Crippen LogP contribution is -2.33. The largest absolute Gasteiger partial charge is 0.348 e. The van der Waals surface area contributed by atoms with Crippen LogP contribution in [-0.2, 0) is 11.8 Å². The third kappa shape index (κ3) is 4.59. The van der Waals surface area contributed by atoms with Crippen molar-refractivity contribution in [3.8, 4) is 11.4 Å². The van der Waals surface area contributed by atoms with Crippen LogP contribution in [0.5, 0.6) is 0 Å². The normalized spacial score (nSPS) is 12.2. The molecule has 0 fully saturated rings. The van der Waals surface area contributed by atoms with E-state index >= 15 is 0 Å². The van der Waals surface area contributed by atoms with Crippen LogP contribution in [0, 0.1) is 11.7 Å². The predicted molar refractivity (Wildman–Crippen MR) is 109 cm³/mol. The summed E-state index contributed by atoms with van der Waals surface area (Å²) in [5, 5.41) is 11.8. The minimum atomic E-state index is -0.352. The quantitative estimate of drug-likeness (QED) is 0.605. The highest BCUT2D eigenvalue weighted by Crippen LogP contribution is 2.25. The van der Waals surface area contributed by atoms with Crippen molar-refractivity contribution in [2.75, 3.05) is 5.75 Å². The fraction of sp³-hybridized carbons (Fsp3) is 0.286. The van der Waals surface area contributed by atoms with Gasteiger partial charge in [0, 0.05) is 7.05 Å². The summed E-state index contributed by atoms with van der Waals surface area (Å²) in [6.45, 7) is 4.16. The summed E-state index contributed by atoms with van der Waals surface area (Å²) in [4.78, 5) is 12.5. The standard InChI is InChI=1S/C21H23FN4OS/c1-14(2)19(15-9-5-4-6-10-15)23-18(27)13-28-21-25-24-20(26(21)3)16-11-7-8-12-17(16)22/h4-12,14,19H,13H2,1-3H3,(H,23,27). The molecule has 3 aromatic rings. The second-order valence-electron chi connectivity index (χ2n) is 6.83. The summed E-state index contributed by atoms with van der Waals surface area (Å²) in [6, 6.07) is 16.3. The number of rotatable bonds is 7. The third-order valence-corrected chi connectivity index (χ3v) is 5.44. The zero-order valence-corrected chi connectivity index (χ0v) is 16.9. The first-order valence-corrected chi connectivity index (χ1v) is 10.1. The highest BCUT2D eigenvalue weighted by molar-refractivity contribution is 7.99. The molecule has 0 aliphatic rings. The van der Waals surface area contributed by atoms with E-state index in [1.54, 1.807) is 29.8 Å². The van der Waals surface area contributed by atoms with Gasteiger partial charge in [0.2, 0.25) is 5.91 Å². The minimum absolute atomic E-state index is 0.0530. The van der Waals surface area contributed by atoms with Crippen LogP contribution in [0.1, 0.15) is 25.5 Å². The number of nitrogens with one attached hydrogen (secondary N) is 1. The molecule has 28 heavy (non-hydrogen) atoms. The van der Waals surface area contributed by atoms with Crippen LogP contribution in [0.4, 0.5) is 4.39 Å². The average molecular weight is 399 g/mol. The third-order valence-electron chi connectivity index (χ3n) is 4.42. The molecule has 3 rings (SSSR count). The first-order chi connectivity index (χ1) is 13.5. The molecular weight excluding hydrogens is 375 g/mol. The fourth-order valence-corrected chi connectivity index (χ4v) is 3.68. The Labute approximate surface area is 168 Å². The molecule has 1 N–H and O–H groups in total. The number of hydrogen-bond acceptors (Lipinski definition) is 4. The Hall–Kier alpha value is -2.67. The lowest BCUT2D eigenvalue weighted by atomic mass is 9.96. The first kappa shape index (κ1) is 20.1. The lowest BCUT2D eigenvalue weighted by Gasteiger charge is -2.22. The maximum Gasteiger partial charge on any atom is 0.230 e. The molecule has 146 valence electrons. The Morgan fingerprint density at radius 1 is 1.11 bits per heavy atom. The minimum Gasteiger partial charge on any atom is -0.348 e. The van der Waals surface area contributed by atoms with Crippen LogP contribution in [0.15, 0.2) is 59.8 Å². The number of benzene rings is 2. The van der Waals surface area contributed by atoms with E-state index in [1.165, 1.54) is 17.8 Å². The van der Waals surface area contributed by atoms with Crippen LogP contribution >= 0.6 is 11.8 Å². The van der Waals surface area contributed by atoms with E-state index in [9.17, 15) is 9.18 Å². The molecular formula is C21H23FN4OS. The smallest absolute Gasteiger partial charge is 0.230 e. The van der Waals surface area contributed by atoms with Crippen molar-refractivity contribution in [2.45, 2.75) is 25.0 Å². The van der Waals surface area contributed by atoms with E-state index in [0.717, 1.165) is 5.56 Å². The molecule has 1 aromatic heterocycles. The van der Waals surface area contributed by atoms with E-state index in [0.29, 0.717) is 16.5 Å². The van der Waals surface area contributed by atoms with Crippen molar-refractivity contribution in [1.29, 1.82) is 0 Å². The summed E-state index contributed by atoms with van der Waals surface area (Å²) in [5.41, 5.74) is 1.47. The zero-order valence-electron chi connectivity index (χ0n) is 16.1. The van der Waals surface area contributed by atoms with E-state index in [1.807, 2.05) is 30.3 Å². The Kier molecular flexibility index (Phi) is 6.46. The summed E-state index contributed by atoms with van der Waals surface area (Å²) >= 11 is 1.28. The molecule has 1 heterocycles. The van der Waals surface area contributed by atoms with Gasteiger partial charge in [-0.3, -0.25) is 4.79 Å². The Balaban J connectivity index is 1.66.